The second-order valence-corrected chi connectivity index (χ2v) is 6.04. The van der Waals surface area contributed by atoms with Gasteiger partial charge in [-0.1, -0.05) is 43.0 Å². The normalized spacial score (nSPS) is 14.2. The minimum atomic E-state index is -0.536. The Kier molecular flexibility index (Phi) is 7.89. The highest BCUT2D eigenvalue weighted by atomic mass is 16.3. The molecule has 1 aromatic carbocycles. The minimum Gasteiger partial charge on any atom is -0.508 e. The summed E-state index contributed by atoms with van der Waals surface area (Å²) in [6.07, 6.45) is 7.51. The molecule has 0 aliphatic carbocycles. The van der Waals surface area contributed by atoms with Crippen LogP contribution in [0.1, 0.15) is 25.8 Å². The molecule has 0 aromatic heterocycles. The highest BCUT2D eigenvalue weighted by Crippen LogP contribution is 2.28. The zero-order valence-corrected chi connectivity index (χ0v) is 15.7. The topological polar surface area (TPSA) is 61.9 Å². The minimum absolute atomic E-state index is 0.182. The zero-order chi connectivity index (χ0) is 19.0. The number of nitrogens with zero attached hydrogens (tertiary/aromatic N) is 2. The molecule has 3 N–H and O–H groups in total. The van der Waals surface area contributed by atoms with Gasteiger partial charge >= 0.3 is 0 Å². The van der Waals surface area contributed by atoms with Gasteiger partial charge in [0, 0.05) is 25.3 Å². The maximum Gasteiger partial charge on any atom is 0.116 e. The Bertz CT molecular complexity index is 712. The summed E-state index contributed by atoms with van der Waals surface area (Å²) in [7, 11) is 3.91. The maximum absolute atomic E-state index is 10.0. The van der Waals surface area contributed by atoms with Crippen LogP contribution in [0.25, 0.3) is 0 Å². The Hall–Kier alpha value is -2.59. The summed E-state index contributed by atoms with van der Waals surface area (Å²) in [5.41, 5.74) is 10.7. The lowest BCUT2D eigenvalue weighted by molar-refractivity contribution is 0.475. The molecule has 0 aliphatic heterocycles. The third-order valence-corrected chi connectivity index (χ3v) is 3.82. The van der Waals surface area contributed by atoms with Crippen LogP contribution >= 0.6 is 0 Å². The van der Waals surface area contributed by atoms with E-state index in [-0.39, 0.29) is 5.75 Å². The second kappa shape index (κ2) is 9.64. The van der Waals surface area contributed by atoms with Crippen molar-refractivity contribution in [3.8, 4) is 5.75 Å². The summed E-state index contributed by atoms with van der Waals surface area (Å²) in [4.78, 5) is 6.63. The molecule has 1 atom stereocenters. The Morgan fingerprint density at radius 2 is 2.04 bits per heavy atom. The van der Waals surface area contributed by atoms with Crippen molar-refractivity contribution in [3.63, 3.8) is 0 Å². The van der Waals surface area contributed by atoms with Gasteiger partial charge in [-0.15, -0.1) is 0 Å². The molecule has 1 unspecified atom stereocenters. The molecule has 1 rings (SSSR count). The van der Waals surface area contributed by atoms with Crippen molar-refractivity contribution in [3.05, 3.63) is 72.4 Å². The van der Waals surface area contributed by atoms with Gasteiger partial charge in [-0.05, 0) is 44.0 Å². The summed E-state index contributed by atoms with van der Waals surface area (Å²) in [5, 5.41) is 10.0. The van der Waals surface area contributed by atoms with Crippen LogP contribution in [-0.4, -0.2) is 31.1 Å². The van der Waals surface area contributed by atoms with E-state index in [0.717, 1.165) is 22.5 Å². The molecule has 0 saturated heterocycles. The number of anilines is 1. The fraction of sp³-hybridized carbons (Fsp3) is 0.286. The quantitative estimate of drug-likeness (QED) is 0.424. The van der Waals surface area contributed by atoms with E-state index < -0.39 is 6.17 Å². The molecule has 4 nitrogen and oxygen atoms in total. The Morgan fingerprint density at radius 3 is 2.56 bits per heavy atom. The molecule has 0 saturated carbocycles. The average molecular weight is 339 g/mol. The molecule has 0 heterocycles. The number of nitrogens with two attached hydrogens (primary N) is 1. The highest BCUT2D eigenvalue weighted by Gasteiger charge is 2.17. The molecule has 0 aliphatic rings. The van der Waals surface area contributed by atoms with Crippen LogP contribution in [-0.2, 0) is 0 Å². The molecular formula is C21H29N3O. The second-order valence-electron chi connectivity index (χ2n) is 6.04. The van der Waals surface area contributed by atoms with E-state index >= 15 is 0 Å². The Morgan fingerprint density at radius 1 is 1.36 bits per heavy atom. The van der Waals surface area contributed by atoms with Crippen molar-refractivity contribution in [1.29, 1.82) is 0 Å². The molecule has 25 heavy (non-hydrogen) atoms. The van der Waals surface area contributed by atoms with Crippen LogP contribution in [0.5, 0.6) is 5.75 Å². The van der Waals surface area contributed by atoms with Gasteiger partial charge in [0.1, 0.15) is 11.9 Å². The number of benzene rings is 1. The Labute approximate surface area is 151 Å². The van der Waals surface area contributed by atoms with Gasteiger partial charge in [0.05, 0.1) is 5.71 Å². The van der Waals surface area contributed by atoms with Crippen LogP contribution in [0.15, 0.2) is 71.8 Å². The first-order chi connectivity index (χ1) is 11.8. The number of hydrogen-bond donors (Lipinski definition) is 2. The Balaban J connectivity index is 3.67. The van der Waals surface area contributed by atoms with Crippen LogP contribution in [0.3, 0.4) is 0 Å². The molecule has 1 aromatic rings. The summed E-state index contributed by atoms with van der Waals surface area (Å²) in [6, 6.07) is 5.25. The number of phenolic OH excluding ortho intramolecular Hbond substituents is 1. The number of aliphatic imine (C=N–C) groups is 1. The lowest BCUT2D eigenvalue weighted by Gasteiger charge is -2.21. The van der Waals surface area contributed by atoms with E-state index in [1.54, 1.807) is 24.3 Å². The van der Waals surface area contributed by atoms with E-state index in [2.05, 4.69) is 31.2 Å². The van der Waals surface area contributed by atoms with Crippen molar-refractivity contribution in [1.82, 2.24) is 0 Å². The SMILES string of the molecule is C=CC=C(C/C(C)=C\C)/C(=N/C(N)C=C)c1cc(O)ccc1N(C)C. The molecule has 134 valence electrons. The maximum atomic E-state index is 10.0. The molecule has 0 radical (unpaired) electrons. The van der Waals surface area contributed by atoms with Gasteiger partial charge in [0.2, 0.25) is 0 Å². The van der Waals surface area contributed by atoms with E-state index in [9.17, 15) is 5.11 Å². The third-order valence-electron chi connectivity index (χ3n) is 3.82. The standard InChI is InChI=1S/C21H29N3O/c1-7-10-16(13-15(4)8-2)21(23-20(22)9-3)18-14-17(25)11-12-19(18)24(5)6/h7-12,14,20,25H,1,3,13,22H2,2,4-6H3/b15-8-,16-10?,23-21-. The van der Waals surface area contributed by atoms with Crippen LogP contribution in [0.2, 0.25) is 0 Å². The van der Waals surface area contributed by atoms with Gasteiger partial charge in [0.25, 0.3) is 0 Å². The average Bonchev–Trinajstić information content (AvgIpc) is 2.58. The number of rotatable bonds is 8. The van der Waals surface area contributed by atoms with Gasteiger partial charge in [-0.2, -0.15) is 0 Å². The highest BCUT2D eigenvalue weighted by molar-refractivity contribution is 6.16. The number of hydrogen-bond acceptors (Lipinski definition) is 4. The summed E-state index contributed by atoms with van der Waals surface area (Å²) >= 11 is 0. The summed E-state index contributed by atoms with van der Waals surface area (Å²) in [6.45, 7) is 11.6. The van der Waals surface area contributed by atoms with Crippen molar-refractivity contribution < 1.29 is 5.11 Å². The van der Waals surface area contributed by atoms with Crippen molar-refractivity contribution >= 4 is 11.4 Å². The van der Waals surface area contributed by atoms with Gasteiger partial charge < -0.3 is 15.7 Å². The molecule has 0 spiro atoms. The van der Waals surface area contributed by atoms with E-state index in [0.29, 0.717) is 6.42 Å². The third kappa shape index (κ3) is 5.76. The molecule has 4 heteroatoms. The lowest BCUT2D eigenvalue weighted by Crippen LogP contribution is -2.21. The molecular weight excluding hydrogens is 310 g/mol. The first-order valence-electron chi connectivity index (χ1n) is 8.24. The van der Waals surface area contributed by atoms with Crippen molar-refractivity contribution in [2.45, 2.75) is 26.4 Å². The first kappa shape index (κ1) is 20.5. The van der Waals surface area contributed by atoms with Gasteiger partial charge in [0.15, 0.2) is 0 Å². The number of allylic oxidation sites excluding steroid dienone is 5. The summed E-state index contributed by atoms with van der Waals surface area (Å²) in [5.74, 6) is 0.182. The van der Waals surface area contributed by atoms with E-state index in [1.807, 2.05) is 38.1 Å². The van der Waals surface area contributed by atoms with E-state index in [4.69, 9.17) is 5.73 Å². The van der Waals surface area contributed by atoms with Crippen LogP contribution in [0.4, 0.5) is 5.69 Å². The molecule has 0 bridgehead atoms. The number of aromatic hydroxyl groups is 1. The van der Waals surface area contributed by atoms with E-state index in [1.165, 1.54) is 5.57 Å². The van der Waals surface area contributed by atoms with Crippen LogP contribution < -0.4 is 10.6 Å². The predicted molar refractivity (Wildman–Crippen MR) is 109 cm³/mol. The predicted octanol–water partition coefficient (Wildman–Crippen LogP) is 4.19. The first-order valence-corrected chi connectivity index (χ1v) is 8.24. The molecule has 0 amide bonds. The monoisotopic (exact) mass is 339 g/mol. The van der Waals surface area contributed by atoms with Crippen molar-refractivity contribution in [2.75, 3.05) is 19.0 Å². The molecule has 0 fully saturated rings. The smallest absolute Gasteiger partial charge is 0.116 e. The fourth-order valence-electron chi connectivity index (χ4n) is 2.40. The van der Waals surface area contributed by atoms with Crippen LogP contribution in [0, 0.1) is 0 Å². The largest absolute Gasteiger partial charge is 0.508 e. The summed E-state index contributed by atoms with van der Waals surface area (Å²) < 4.78 is 0. The van der Waals surface area contributed by atoms with Gasteiger partial charge in [-0.25, -0.2) is 0 Å². The van der Waals surface area contributed by atoms with Crippen molar-refractivity contribution in [2.24, 2.45) is 10.7 Å². The fourth-order valence-corrected chi connectivity index (χ4v) is 2.40. The zero-order valence-electron chi connectivity index (χ0n) is 15.7. The van der Waals surface area contributed by atoms with Gasteiger partial charge in [-0.3, -0.25) is 4.99 Å². The lowest BCUT2D eigenvalue weighted by atomic mass is 9.94. The number of phenols is 1.